The van der Waals surface area contributed by atoms with Gasteiger partial charge in [0.15, 0.2) is 0 Å². The van der Waals surface area contributed by atoms with E-state index in [0.29, 0.717) is 37.1 Å². The summed E-state index contributed by atoms with van der Waals surface area (Å²) in [4.78, 5) is 11.9. The van der Waals surface area contributed by atoms with Crippen LogP contribution in [0.2, 0.25) is 0 Å². The topological polar surface area (TPSA) is 86.7 Å². The van der Waals surface area contributed by atoms with Crippen molar-refractivity contribution in [3.8, 4) is 0 Å². The molecule has 27 heavy (non-hydrogen) atoms. The van der Waals surface area contributed by atoms with Crippen LogP contribution in [0, 0.1) is 0 Å². The van der Waals surface area contributed by atoms with Gasteiger partial charge in [0.05, 0.1) is 23.2 Å². The highest BCUT2D eigenvalue weighted by Crippen LogP contribution is 2.29. The lowest BCUT2D eigenvalue weighted by Gasteiger charge is -2.27. The van der Waals surface area contributed by atoms with Gasteiger partial charge in [-0.2, -0.15) is 0 Å². The lowest BCUT2D eigenvalue weighted by Crippen LogP contribution is -2.37. The van der Waals surface area contributed by atoms with Crippen LogP contribution in [0.15, 0.2) is 53.4 Å². The van der Waals surface area contributed by atoms with Crippen molar-refractivity contribution < 1.29 is 18.3 Å². The first-order valence-corrected chi connectivity index (χ1v) is 10.5. The van der Waals surface area contributed by atoms with Crippen molar-refractivity contribution in [2.24, 2.45) is 0 Å². The number of rotatable bonds is 6. The fourth-order valence-corrected chi connectivity index (χ4v) is 4.65. The summed E-state index contributed by atoms with van der Waals surface area (Å²) in [5, 5.41) is 12.9. The summed E-state index contributed by atoms with van der Waals surface area (Å²) in [6.45, 7) is 1.79. The maximum atomic E-state index is 13.3. The molecule has 1 aliphatic heterocycles. The number of aliphatic hydroxyl groups is 1. The number of carbonyl (C=O) groups excluding carboxylic acids is 1. The summed E-state index contributed by atoms with van der Waals surface area (Å²) in [6, 6.07) is 13.6. The Kier molecular flexibility index (Phi) is 5.82. The molecule has 7 heteroatoms. The summed E-state index contributed by atoms with van der Waals surface area (Å²) in [6.07, 6.45) is 1.43. The number of fused-ring (bicyclic) bond motifs is 1. The van der Waals surface area contributed by atoms with Gasteiger partial charge in [-0.05, 0) is 55.2 Å². The molecular weight excluding hydrogens is 364 g/mol. The molecule has 0 radical (unpaired) electrons. The van der Waals surface area contributed by atoms with Crippen LogP contribution in [0.1, 0.15) is 31.7 Å². The molecule has 0 unspecified atom stereocenters. The first-order valence-electron chi connectivity index (χ1n) is 9.10. The first-order chi connectivity index (χ1) is 12.9. The van der Waals surface area contributed by atoms with Gasteiger partial charge in [-0.25, -0.2) is 8.42 Å². The number of benzene rings is 2. The molecule has 0 bridgehead atoms. The van der Waals surface area contributed by atoms with E-state index < -0.39 is 16.1 Å². The lowest BCUT2D eigenvalue weighted by molar-refractivity contribution is -0.116. The fourth-order valence-electron chi connectivity index (χ4n) is 3.10. The van der Waals surface area contributed by atoms with Crippen LogP contribution in [-0.4, -0.2) is 32.1 Å². The van der Waals surface area contributed by atoms with Crippen molar-refractivity contribution in [3.63, 3.8) is 0 Å². The first kappa shape index (κ1) is 19.4. The summed E-state index contributed by atoms with van der Waals surface area (Å²) in [5.41, 5.74) is 1.98. The van der Waals surface area contributed by atoms with Crippen LogP contribution in [0.4, 0.5) is 11.4 Å². The second-order valence-electron chi connectivity index (χ2n) is 6.65. The largest absolute Gasteiger partial charge is 0.391 e. The van der Waals surface area contributed by atoms with Crippen molar-refractivity contribution in [3.05, 3.63) is 54.1 Å². The van der Waals surface area contributed by atoms with Gasteiger partial charge in [0, 0.05) is 12.1 Å². The molecule has 1 heterocycles. The second-order valence-corrected chi connectivity index (χ2v) is 8.52. The SMILES string of the molecule is CC[C@H](O)CN(c1ccccc1)S(=O)(=O)c1ccc2c(c1)CCCC(=O)N2. The van der Waals surface area contributed by atoms with E-state index in [1.54, 1.807) is 36.4 Å². The van der Waals surface area contributed by atoms with Crippen molar-refractivity contribution in [2.75, 3.05) is 16.2 Å². The average Bonchev–Trinajstić information content (AvgIpc) is 2.86. The van der Waals surface area contributed by atoms with Gasteiger partial charge < -0.3 is 10.4 Å². The Labute approximate surface area is 159 Å². The van der Waals surface area contributed by atoms with E-state index in [9.17, 15) is 18.3 Å². The van der Waals surface area contributed by atoms with E-state index >= 15 is 0 Å². The van der Waals surface area contributed by atoms with Crippen molar-refractivity contribution in [2.45, 2.75) is 43.6 Å². The quantitative estimate of drug-likeness (QED) is 0.797. The Balaban J connectivity index is 2.01. The van der Waals surface area contributed by atoms with Crippen LogP contribution in [-0.2, 0) is 21.2 Å². The van der Waals surface area contributed by atoms with Crippen molar-refractivity contribution in [1.82, 2.24) is 0 Å². The van der Waals surface area contributed by atoms with Gasteiger partial charge in [0.25, 0.3) is 10.0 Å². The Hall–Kier alpha value is -2.38. The highest BCUT2D eigenvalue weighted by atomic mass is 32.2. The molecule has 0 saturated carbocycles. The molecule has 2 aromatic rings. The average molecular weight is 388 g/mol. The maximum absolute atomic E-state index is 13.3. The fraction of sp³-hybridized carbons (Fsp3) is 0.350. The summed E-state index contributed by atoms with van der Waals surface area (Å²) in [7, 11) is -3.86. The van der Waals surface area contributed by atoms with E-state index in [1.807, 2.05) is 13.0 Å². The number of hydrogen-bond acceptors (Lipinski definition) is 4. The molecule has 0 saturated heterocycles. The Bertz CT molecular complexity index is 913. The molecular formula is C20H24N2O4S. The molecule has 1 amide bonds. The molecule has 1 aliphatic rings. The number of hydrogen-bond donors (Lipinski definition) is 2. The predicted octanol–water partition coefficient (Wildman–Crippen LogP) is 2.93. The summed E-state index contributed by atoms with van der Waals surface area (Å²) >= 11 is 0. The molecule has 1 atom stereocenters. The normalized spacial score (nSPS) is 15.4. The van der Waals surface area contributed by atoms with E-state index in [2.05, 4.69) is 5.32 Å². The number of para-hydroxylation sites is 1. The number of aliphatic hydroxyl groups excluding tert-OH is 1. The van der Waals surface area contributed by atoms with Gasteiger partial charge in [-0.3, -0.25) is 9.10 Å². The summed E-state index contributed by atoms with van der Waals surface area (Å²) in [5.74, 6) is -0.0543. The third-order valence-electron chi connectivity index (χ3n) is 4.68. The Morgan fingerprint density at radius 3 is 2.59 bits per heavy atom. The number of nitrogens with one attached hydrogen (secondary N) is 1. The molecule has 2 aromatic carbocycles. The van der Waals surface area contributed by atoms with E-state index in [4.69, 9.17) is 0 Å². The molecule has 0 spiro atoms. The minimum atomic E-state index is -3.86. The molecule has 3 rings (SSSR count). The highest BCUT2D eigenvalue weighted by Gasteiger charge is 2.28. The van der Waals surface area contributed by atoms with Crippen LogP contribution in [0.25, 0.3) is 0 Å². The smallest absolute Gasteiger partial charge is 0.264 e. The lowest BCUT2D eigenvalue weighted by atomic mass is 10.1. The van der Waals surface area contributed by atoms with Gasteiger partial charge in [-0.15, -0.1) is 0 Å². The van der Waals surface area contributed by atoms with Crippen molar-refractivity contribution >= 4 is 27.3 Å². The van der Waals surface area contributed by atoms with E-state index in [0.717, 1.165) is 5.56 Å². The van der Waals surface area contributed by atoms with E-state index in [-0.39, 0.29) is 17.3 Å². The third-order valence-corrected chi connectivity index (χ3v) is 6.47. The monoisotopic (exact) mass is 388 g/mol. The number of nitrogens with zero attached hydrogens (tertiary/aromatic N) is 1. The highest BCUT2D eigenvalue weighted by molar-refractivity contribution is 7.92. The zero-order chi connectivity index (χ0) is 19.4. The predicted molar refractivity (Wildman–Crippen MR) is 105 cm³/mol. The molecule has 0 fully saturated rings. The van der Waals surface area contributed by atoms with Gasteiger partial charge in [0.1, 0.15) is 0 Å². The molecule has 6 nitrogen and oxygen atoms in total. The standard InChI is InChI=1S/C20H24N2O4S/c1-2-17(23)14-22(16-8-4-3-5-9-16)27(25,26)18-11-12-19-15(13-18)7-6-10-20(24)21-19/h3-5,8-9,11-13,17,23H,2,6-7,10,14H2,1H3,(H,21,24)/t17-/m0/s1. The minimum Gasteiger partial charge on any atom is -0.391 e. The summed E-state index contributed by atoms with van der Waals surface area (Å²) < 4.78 is 27.9. The number of anilines is 2. The third kappa shape index (κ3) is 4.31. The van der Waals surface area contributed by atoms with Crippen LogP contribution >= 0.6 is 0 Å². The maximum Gasteiger partial charge on any atom is 0.264 e. The van der Waals surface area contributed by atoms with Crippen LogP contribution in [0.5, 0.6) is 0 Å². The Morgan fingerprint density at radius 1 is 1.15 bits per heavy atom. The molecule has 144 valence electrons. The van der Waals surface area contributed by atoms with Gasteiger partial charge in [-0.1, -0.05) is 25.1 Å². The zero-order valence-electron chi connectivity index (χ0n) is 15.3. The molecule has 0 aliphatic carbocycles. The minimum absolute atomic E-state index is 0.0172. The second kappa shape index (κ2) is 8.10. The number of sulfonamides is 1. The van der Waals surface area contributed by atoms with E-state index in [1.165, 1.54) is 10.4 Å². The molecule has 2 N–H and O–H groups in total. The molecule has 0 aromatic heterocycles. The van der Waals surface area contributed by atoms with Crippen LogP contribution < -0.4 is 9.62 Å². The Morgan fingerprint density at radius 2 is 1.89 bits per heavy atom. The number of aryl methyl sites for hydroxylation is 1. The number of carbonyl (C=O) groups is 1. The van der Waals surface area contributed by atoms with Crippen molar-refractivity contribution in [1.29, 1.82) is 0 Å². The zero-order valence-corrected chi connectivity index (χ0v) is 16.1. The number of amides is 1. The van der Waals surface area contributed by atoms with Crippen LogP contribution in [0.3, 0.4) is 0 Å². The van der Waals surface area contributed by atoms with Gasteiger partial charge >= 0.3 is 0 Å². The van der Waals surface area contributed by atoms with Gasteiger partial charge in [0.2, 0.25) is 5.91 Å².